The first-order valence-electron chi connectivity index (χ1n) is 7.39. The van der Waals surface area contributed by atoms with Gasteiger partial charge in [-0.25, -0.2) is 22.5 Å². The Morgan fingerprint density at radius 2 is 1.09 bits per heavy atom. The fourth-order valence-electron chi connectivity index (χ4n) is 1.75. The van der Waals surface area contributed by atoms with Crippen LogP contribution in [0.2, 0.25) is 39.3 Å². The van der Waals surface area contributed by atoms with E-state index in [1.165, 1.54) is 0 Å². The van der Waals surface area contributed by atoms with E-state index in [-0.39, 0.29) is 0 Å². The van der Waals surface area contributed by atoms with Crippen molar-refractivity contribution in [1.82, 2.24) is 0 Å². The molecule has 0 spiro atoms. The van der Waals surface area contributed by atoms with Crippen LogP contribution in [-0.2, 0) is 18.6 Å². The van der Waals surface area contributed by atoms with Gasteiger partial charge in [-0.05, 0) is 0 Å². The van der Waals surface area contributed by atoms with E-state index in [2.05, 4.69) is 92.1 Å². The molecule has 124 valence electrons. The Balaban J connectivity index is 0.000000326. The van der Waals surface area contributed by atoms with Gasteiger partial charge in [0.1, 0.15) is 0 Å². The van der Waals surface area contributed by atoms with Gasteiger partial charge < -0.3 is 0 Å². The topological polar surface area (TPSA) is 0 Å². The van der Waals surface area contributed by atoms with E-state index in [0.717, 1.165) is 0 Å². The van der Waals surface area contributed by atoms with Crippen LogP contribution in [0.1, 0.15) is 0 Å². The van der Waals surface area contributed by atoms with E-state index in [1.807, 2.05) is 0 Å². The van der Waals surface area contributed by atoms with Crippen LogP contribution in [0.4, 0.5) is 0 Å². The van der Waals surface area contributed by atoms with Crippen LogP contribution in [0.25, 0.3) is 0 Å². The molecular weight excluding hydrogens is 510 g/mol. The van der Waals surface area contributed by atoms with E-state index < -0.39 is 34.7 Å². The molecular formula is C17H28Cl2HfSi2-2. The third-order valence-corrected chi connectivity index (χ3v) is 7.19. The zero-order valence-corrected chi connectivity index (χ0v) is 21.7. The molecule has 0 aliphatic rings. The van der Waals surface area contributed by atoms with Gasteiger partial charge in [0.05, 0.1) is 0 Å². The molecule has 2 aromatic rings. The Kier molecular flexibility index (Phi) is 10.6. The van der Waals surface area contributed by atoms with Gasteiger partial charge >= 0.3 is 40.0 Å². The molecule has 0 heterocycles. The summed E-state index contributed by atoms with van der Waals surface area (Å²) in [6.07, 6.45) is 0. The van der Waals surface area contributed by atoms with E-state index in [9.17, 15) is 0 Å². The van der Waals surface area contributed by atoms with Crippen molar-refractivity contribution in [1.29, 1.82) is 0 Å². The molecule has 0 amide bonds. The molecule has 0 nitrogen and oxygen atoms in total. The van der Waals surface area contributed by atoms with Gasteiger partial charge in [-0.15, -0.1) is 0 Å². The van der Waals surface area contributed by atoms with Crippen molar-refractivity contribution in [3.05, 3.63) is 48.5 Å². The Morgan fingerprint density at radius 1 is 0.818 bits per heavy atom. The van der Waals surface area contributed by atoms with Crippen molar-refractivity contribution in [3.63, 3.8) is 0 Å². The van der Waals surface area contributed by atoms with Crippen LogP contribution in [0.15, 0.2) is 48.5 Å². The molecule has 5 heteroatoms. The summed E-state index contributed by atoms with van der Waals surface area (Å²) in [5.74, 6) is 0. The van der Waals surface area contributed by atoms with Crippen LogP contribution in [-0.4, -0.2) is 20.4 Å². The molecule has 2 rings (SSSR count). The fraction of sp³-hybridized carbons (Fsp3) is 0.353. The number of hydrogen-bond donors (Lipinski definition) is 0. The average Bonchev–Trinajstić information content (AvgIpc) is 3.02. The second kappa shape index (κ2) is 10.3. The van der Waals surface area contributed by atoms with Crippen LogP contribution in [0.5, 0.6) is 0 Å². The summed E-state index contributed by atoms with van der Waals surface area (Å²) in [7, 11) is 8.32. The normalized spacial score (nSPS) is 10.9. The second-order valence-electron chi connectivity index (χ2n) is 7.19. The summed E-state index contributed by atoms with van der Waals surface area (Å²) in [5.41, 5.74) is 0. The Morgan fingerprint density at radius 3 is 1.18 bits per heavy atom. The molecule has 0 saturated heterocycles. The summed E-state index contributed by atoms with van der Waals surface area (Å²) in [5, 5.41) is 3.12. The standard InChI is InChI=1S/2C8H13Si.CH2.2ClH.Hf/c2*1-9(2,3)8-6-4-5-7-8;;;;/h2*4-7H,1-3H3;1H2;2*1H;/q2*-1;;;;+2/p-2. The van der Waals surface area contributed by atoms with Gasteiger partial charge in [0.15, 0.2) is 0 Å². The van der Waals surface area contributed by atoms with Crippen LogP contribution >= 0.6 is 17.2 Å². The van der Waals surface area contributed by atoms with Crippen molar-refractivity contribution < 1.29 is 18.6 Å². The first-order chi connectivity index (χ1) is 9.94. The number of rotatable bonds is 2. The molecule has 2 aromatic carbocycles. The molecule has 22 heavy (non-hydrogen) atoms. The monoisotopic (exact) mass is 538 g/mol. The summed E-state index contributed by atoms with van der Waals surface area (Å²) in [4.78, 5) is 0. The Labute approximate surface area is 153 Å². The van der Waals surface area contributed by atoms with Crippen LogP contribution < -0.4 is 10.4 Å². The number of hydrogen-bond acceptors (Lipinski definition) is 0. The predicted molar refractivity (Wildman–Crippen MR) is 109 cm³/mol. The molecule has 0 fully saturated rings. The molecule has 0 radical (unpaired) electrons. The minimum atomic E-state index is -1.96. The molecule has 0 bridgehead atoms. The molecule has 0 atom stereocenters. The van der Waals surface area contributed by atoms with Crippen molar-refractivity contribution in [2.75, 3.05) is 0 Å². The molecule has 0 N–H and O–H groups in total. The van der Waals surface area contributed by atoms with Crippen molar-refractivity contribution in [3.8, 4) is 0 Å². The zero-order valence-electron chi connectivity index (χ0n) is 14.6. The Bertz CT molecular complexity index is 470. The molecule has 0 aromatic heterocycles. The first kappa shape index (κ1) is 22.5. The van der Waals surface area contributed by atoms with Gasteiger partial charge in [0.25, 0.3) is 0 Å². The minimum absolute atomic E-state index is 0.981. The van der Waals surface area contributed by atoms with E-state index >= 15 is 0 Å². The zero-order chi connectivity index (χ0) is 17.4. The maximum atomic E-state index is 5.14. The predicted octanol–water partition coefficient (Wildman–Crippen LogP) is 5.25. The third-order valence-electron chi connectivity index (χ3n) is 3.06. The average molecular weight is 538 g/mol. The van der Waals surface area contributed by atoms with Gasteiger partial charge in [0.2, 0.25) is 0 Å². The van der Waals surface area contributed by atoms with E-state index in [1.54, 1.807) is 10.4 Å². The Hall–Kier alpha value is 0.454. The van der Waals surface area contributed by atoms with Crippen LogP contribution in [0, 0.1) is 0 Å². The SMILES string of the molecule is C[Si](C)(C)c1cc[cH-]c1.C[Si](C)(C)c1cc[cH-]c1.[CH2]=[Hf]([Cl])[Cl]. The fourth-order valence-corrected chi connectivity index (χ4v) is 4.13. The summed E-state index contributed by atoms with van der Waals surface area (Å²) < 4.78 is 3.38. The maximum absolute atomic E-state index is 5.14. The van der Waals surface area contributed by atoms with E-state index in [0.29, 0.717) is 0 Å². The molecule has 0 unspecified atom stereocenters. The van der Waals surface area contributed by atoms with Crippen molar-refractivity contribution in [2.45, 2.75) is 39.3 Å². The molecule has 0 saturated carbocycles. The van der Waals surface area contributed by atoms with Gasteiger partial charge in [-0.1, -0.05) is 39.3 Å². The summed E-state index contributed by atoms with van der Waals surface area (Å²) in [6.45, 7) is 14.2. The van der Waals surface area contributed by atoms with E-state index in [4.69, 9.17) is 17.2 Å². The quantitative estimate of drug-likeness (QED) is 0.363. The van der Waals surface area contributed by atoms with Crippen LogP contribution in [0.3, 0.4) is 0 Å². The van der Waals surface area contributed by atoms with Gasteiger partial charge in [0, 0.05) is 16.1 Å². The second-order valence-corrected chi connectivity index (χ2v) is 28.8. The van der Waals surface area contributed by atoms with Crippen molar-refractivity contribution >= 4 is 47.9 Å². The van der Waals surface area contributed by atoms with Crippen molar-refractivity contribution in [2.24, 2.45) is 0 Å². The molecule has 0 aliphatic heterocycles. The summed E-state index contributed by atoms with van der Waals surface area (Å²) >= 11 is -1.96. The summed E-state index contributed by atoms with van der Waals surface area (Å²) in [6, 6.07) is 17.4. The first-order valence-corrected chi connectivity index (χ1v) is 25.8. The van der Waals surface area contributed by atoms with Gasteiger partial charge in [-0.3, -0.25) is 0 Å². The number of halogens is 2. The molecule has 0 aliphatic carbocycles. The van der Waals surface area contributed by atoms with Gasteiger partial charge in [-0.2, -0.15) is 36.4 Å². The third kappa shape index (κ3) is 11.1.